The van der Waals surface area contributed by atoms with Crippen LogP contribution in [0.25, 0.3) is 0 Å². The predicted molar refractivity (Wildman–Crippen MR) is 118 cm³/mol. The van der Waals surface area contributed by atoms with Crippen molar-refractivity contribution >= 4 is 27.5 Å². The molecule has 0 saturated heterocycles. The van der Waals surface area contributed by atoms with Crippen molar-refractivity contribution in [3.05, 3.63) is 83.7 Å². The van der Waals surface area contributed by atoms with E-state index in [9.17, 15) is 18.0 Å². The number of rotatable bonds is 7. The van der Waals surface area contributed by atoms with Gasteiger partial charge in [-0.25, -0.2) is 13.1 Å². The Kier molecular flexibility index (Phi) is 6.57. The molecular formula is C22H24N4O4S. The van der Waals surface area contributed by atoms with Crippen LogP contribution in [0.4, 0.5) is 5.69 Å². The van der Waals surface area contributed by atoms with Crippen molar-refractivity contribution in [2.45, 2.75) is 17.9 Å². The van der Waals surface area contributed by atoms with Crippen LogP contribution in [0.15, 0.2) is 71.8 Å². The zero-order valence-corrected chi connectivity index (χ0v) is 18.2. The third-order valence-corrected chi connectivity index (χ3v) is 6.20. The van der Waals surface area contributed by atoms with E-state index in [2.05, 4.69) is 15.4 Å². The molecule has 31 heavy (non-hydrogen) atoms. The van der Waals surface area contributed by atoms with E-state index in [0.29, 0.717) is 11.3 Å². The topological polar surface area (TPSA) is 109 Å². The molecule has 0 aliphatic carbocycles. The summed E-state index contributed by atoms with van der Waals surface area (Å²) < 4.78 is 27.6. The van der Waals surface area contributed by atoms with Crippen molar-refractivity contribution in [1.29, 1.82) is 0 Å². The summed E-state index contributed by atoms with van der Waals surface area (Å²) >= 11 is 0. The Bertz CT molecular complexity index is 1200. The number of aryl methyl sites for hydroxylation is 1. The minimum absolute atomic E-state index is 0.0147. The van der Waals surface area contributed by atoms with Crippen molar-refractivity contribution in [1.82, 2.24) is 14.6 Å². The predicted octanol–water partition coefficient (Wildman–Crippen LogP) is 2.68. The second-order valence-electron chi connectivity index (χ2n) is 7.02. The minimum Gasteiger partial charge on any atom is -0.345 e. The van der Waals surface area contributed by atoms with Gasteiger partial charge in [-0.1, -0.05) is 30.3 Å². The summed E-state index contributed by atoms with van der Waals surface area (Å²) in [6.07, 6.45) is 1.38. The van der Waals surface area contributed by atoms with E-state index in [1.165, 1.54) is 23.9 Å². The second kappa shape index (κ2) is 9.15. The number of anilines is 1. The molecule has 0 fully saturated rings. The van der Waals surface area contributed by atoms with Crippen LogP contribution in [-0.2, 0) is 17.1 Å². The molecule has 3 N–H and O–H groups in total. The average Bonchev–Trinajstić information content (AvgIpc) is 3.17. The summed E-state index contributed by atoms with van der Waals surface area (Å²) in [6.45, 7) is 1.81. The maximum Gasteiger partial charge on any atom is 0.268 e. The first-order valence-electron chi connectivity index (χ1n) is 9.58. The fraction of sp³-hybridized carbons (Fsp3) is 0.182. The lowest BCUT2D eigenvalue weighted by Crippen LogP contribution is -2.28. The van der Waals surface area contributed by atoms with Crippen molar-refractivity contribution in [2.75, 3.05) is 12.4 Å². The fourth-order valence-corrected chi connectivity index (χ4v) is 3.86. The Morgan fingerprint density at radius 2 is 1.68 bits per heavy atom. The third-order valence-electron chi connectivity index (χ3n) is 4.82. The molecule has 3 rings (SSSR count). The molecule has 0 aliphatic heterocycles. The molecule has 0 bridgehead atoms. The van der Waals surface area contributed by atoms with Gasteiger partial charge in [-0.05, 0) is 49.9 Å². The first kappa shape index (κ1) is 22.3. The number of nitrogens with one attached hydrogen (secondary N) is 3. The van der Waals surface area contributed by atoms with Crippen molar-refractivity contribution in [3.63, 3.8) is 0 Å². The van der Waals surface area contributed by atoms with Crippen LogP contribution in [0, 0.1) is 0 Å². The van der Waals surface area contributed by atoms with Gasteiger partial charge in [0.2, 0.25) is 10.0 Å². The van der Waals surface area contributed by atoms with Crippen molar-refractivity contribution in [2.24, 2.45) is 7.05 Å². The van der Waals surface area contributed by atoms with Gasteiger partial charge < -0.3 is 15.2 Å². The molecule has 0 spiro atoms. The summed E-state index contributed by atoms with van der Waals surface area (Å²) in [5.74, 6) is -0.636. The summed E-state index contributed by atoms with van der Waals surface area (Å²) in [5.41, 5.74) is 2.16. The lowest BCUT2D eigenvalue weighted by atomic mass is 10.1. The standard InChI is InChI=1S/C22H24N4O4S/c1-15(24-22(28)20-13-19(14-26(20)3)31(29,30)23-2)17-10-7-11-18(12-17)25-21(27)16-8-5-4-6-9-16/h4-15,23H,1-3H3,(H,24,28)(H,25,27). The Labute approximate surface area is 181 Å². The van der Waals surface area contributed by atoms with Crippen LogP contribution >= 0.6 is 0 Å². The first-order valence-corrected chi connectivity index (χ1v) is 11.1. The number of carbonyl (C=O) groups excluding carboxylic acids is 2. The SMILES string of the molecule is CNS(=O)(=O)c1cc(C(=O)NC(C)c2cccc(NC(=O)c3ccccc3)c2)n(C)c1. The number of aromatic nitrogens is 1. The molecule has 0 aliphatic rings. The highest BCUT2D eigenvalue weighted by Gasteiger charge is 2.20. The van der Waals surface area contributed by atoms with E-state index in [1.807, 2.05) is 19.1 Å². The highest BCUT2D eigenvalue weighted by molar-refractivity contribution is 7.89. The molecule has 9 heteroatoms. The zero-order chi connectivity index (χ0) is 22.6. The number of benzene rings is 2. The molecule has 3 aromatic rings. The van der Waals surface area contributed by atoms with Crippen molar-refractivity contribution in [3.8, 4) is 0 Å². The quantitative estimate of drug-likeness (QED) is 0.525. The smallest absolute Gasteiger partial charge is 0.268 e. The minimum atomic E-state index is -3.65. The van der Waals surface area contributed by atoms with E-state index in [4.69, 9.17) is 0 Å². The van der Waals surface area contributed by atoms with E-state index in [1.54, 1.807) is 49.5 Å². The lowest BCUT2D eigenvalue weighted by molar-refractivity contribution is 0.0930. The number of hydrogen-bond acceptors (Lipinski definition) is 4. The average molecular weight is 441 g/mol. The number of carbonyl (C=O) groups is 2. The zero-order valence-electron chi connectivity index (χ0n) is 17.4. The molecule has 1 aromatic heterocycles. The van der Waals surface area contributed by atoms with Gasteiger partial charge >= 0.3 is 0 Å². The van der Waals surface area contributed by atoms with Gasteiger partial charge in [-0.3, -0.25) is 9.59 Å². The Morgan fingerprint density at radius 3 is 2.35 bits per heavy atom. The van der Waals surface area contributed by atoms with Gasteiger partial charge in [0, 0.05) is 24.5 Å². The fourth-order valence-electron chi connectivity index (χ4n) is 3.06. The molecule has 1 unspecified atom stereocenters. The van der Waals surface area contributed by atoms with Crippen LogP contribution < -0.4 is 15.4 Å². The maximum atomic E-state index is 12.7. The summed E-state index contributed by atoms with van der Waals surface area (Å²) in [5, 5.41) is 5.71. The van der Waals surface area contributed by atoms with Gasteiger partial charge in [0.15, 0.2) is 0 Å². The molecule has 0 radical (unpaired) electrons. The van der Waals surface area contributed by atoms with Crippen LogP contribution in [0.3, 0.4) is 0 Å². The van der Waals surface area contributed by atoms with Gasteiger partial charge in [-0.15, -0.1) is 0 Å². The van der Waals surface area contributed by atoms with Gasteiger partial charge in [0.1, 0.15) is 10.6 Å². The monoisotopic (exact) mass is 440 g/mol. The molecule has 2 amide bonds. The Morgan fingerprint density at radius 1 is 0.968 bits per heavy atom. The van der Waals surface area contributed by atoms with Crippen molar-refractivity contribution < 1.29 is 18.0 Å². The third kappa shape index (κ3) is 5.19. The summed E-state index contributed by atoms with van der Waals surface area (Å²) in [7, 11) is -0.727. The molecule has 1 atom stereocenters. The molecule has 0 saturated carbocycles. The molecule has 1 heterocycles. The van der Waals surface area contributed by atoms with E-state index in [0.717, 1.165) is 5.56 Å². The van der Waals surface area contributed by atoms with E-state index < -0.39 is 15.9 Å². The Balaban J connectivity index is 1.72. The lowest BCUT2D eigenvalue weighted by Gasteiger charge is -2.16. The van der Waals surface area contributed by atoms with Gasteiger partial charge in [-0.2, -0.15) is 0 Å². The summed E-state index contributed by atoms with van der Waals surface area (Å²) in [6, 6.07) is 17.0. The number of nitrogens with zero attached hydrogens (tertiary/aromatic N) is 1. The summed E-state index contributed by atoms with van der Waals surface area (Å²) in [4.78, 5) is 25.1. The largest absolute Gasteiger partial charge is 0.345 e. The molecule has 162 valence electrons. The van der Waals surface area contributed by atoms with Crippen LogP contribution in [0.1, 0.15) is 39.4 Å². The second-order valence-corrected chi connectivity index (χ2v) is 8.91. The van der Waals surface area contributed by atoms with E-state index in [-0.39, 0.29) is 22.5 Å². The van der Waals surface area contributed by atoms with Gasteiger partial charge in [0.25, 0.3) is 11.8 Å². The molecule has 8 nitrogen and oxygen atoms in total. The molecule has 2 aromatic carbocycles. The Hall–Kier alpha value is -3.43. The number of sulfonamides is 1. The highest BCUT2D eigenvalue weighted by atomic mass is 32.2. The van der Waals surface area contributed by atoms with Gasteiger partial charge in [0.05, 0.1) is 6.04 Å². The molecular weight excluding hydrogens is 416 g/mol. The highest BCUT2D eigenvalue weighted by Crippen LogP contribution is 2.20. The van der Waals surface area contributed by atoms with E-state index >= 15 is 0 Å². The number of amides is 2. The van der Waals surface area contributed by atoms with Crippen LogP contribution in [-0.4, -0.2) is 31.8 Å². The maximum absolute atomic E-state index is 12.7. The van der Waals surface area contributed by atoms with Crippen LogP contribution in [0.5, 0.6) is 0 Å². The normalized spacial score (nSPS) is 12.2. The number of hydrogen-bond donors (Lipinski definition) is 3. The van der Waals surface area contributed by atoms with Crippen LogP contribution in [0.2, 0.25) is 0 Å². The first-order chi connectivity index (χ1) is 14.7.